The van der Waals surface area contributed by atoms with Gasteiger partial charge in [0.2, 0.25) is 10.0 Å². The molecule has 0 heterocycles. The number of aryl methyl sites for hydroxylation is 2. The van der Waals surface area contributed by atoms with Crippen LogP contribution in [0.3, 0.4) is 0 Å². The highest BCUT2D eigenvalue weighted by Gasteiger charge is 2.24. The summed E-state index contributed by atoms with van der Waals surface area (Å²) in [6.45, 7) is 3.84. The lowest BCUT2D eigenvalue weighted by atomic mass is 10.1. The Morgan fingerprint density at radius 2 is 1.76 bits per heavy atom. The van der Waals surface area contributed by atoms with Gasteiger partial charge in [-0.1, -0.05) is 56.3 Å². The third-order valence-corrected chi connectivity index (χ3v) is 5.63. The van der Waals surface area contributed by atoms with E-state index in [4.69, 9.17) is 0 Å². The maximum Gasteiger partial charge on any atom is 0.241 e. The average Bonchev–Trinajstić information content (AvgIpc) is 2.60. The van der Waals surface area contributed by atoms with Gasteiger partial charge in [0.25, 0.3) is 0 Å². The van der Waals surface area contributed by atoms with Crippen molar-refractivity contribution in [1.29, 1.82) is 0 Å². The summed E-state index contributed by atoms with van der Waals surface area (Å²) in [6, 6.07) is 13.1. The van der Waals surface area contributed by atoms with Gasteiger partial charge in [-0.05, 0) is 35.6 Å². The molecule has 2 aromatic rings. The molecule has 0 saturated heterocycles. The molecule has 0 aliphatic heterocycles. The fourth-order valence-electron chi connectivity index (χ4n) is 2.69. The standard InChI is InChI=1S/C19H23NO4S/c1-3-14-10-11-15(4-2)18(12-14)25(23,24)20-17(13-19(21)22)16-8-6-5-7-9-16/h5-12,17,20H,3-4,13H2,1-2H3,(H,21,22)/p-1/t17-/m1/s1. The van der Waals surface area contributed by atoms with Crippen molar-refractivity contribution in [2.45, 2.75) is 44.0 Å². The fourth-order valence-corrected chi connectivity index (χ4v) is 4.28. The van der Waals surface area contributed by atoms with E-state index < -0.39 is 28.5 Å². The van der Waals surface area contributed by atoms with E-state index in [0.717, 1.165) is 5.56 Å². The van der Waals surface area contributed by atoms with E-state index in [1.165, 1.54) is 0 Å². The molecule has 0 spiro atoms. The van der Waals surface area contributed by atoms with Crippen molar-refractivity contribution < 1.29 is 18.3 Å². The van der Waals surface area contributed by atoms with Crippen LogP contribution in [0.15, 0.2) is 53.4 Å². The minimum Gasteiger partial charge on any atom is -0.550 e. The number of sulfonamides is 1. The van der Waals surface area contributed by atoms with Crippen molar-refractivity contribution in [3.63, 3.8) is 0 Å². The zero-order chi connectivity index (χ0) is 18.4. The molecule has 6 heteroatoms. The highest BCUT2D eigenvalue weighted by atomic mass is 32.2. The molecule has 0 amide bonds. The van der Waals surface area contributed by atoms with Crippen LogP contribution in [0, 0.1) is 0 Å². The van der Waals surface area contributed by atoms with Crippen LogP contribution in [-0.2, 0) is 27.7 Å². The summed E-state index contributed by atoms with van der Waals surface area (Å²) >= 11 is 0. The van der Waals surface area contributed by atoms with Gasteiger partial charge in [0.05, 0.1) is 10.9 Å². The third kappa shape index (κ3) is 4.90. The number of carbonyl (C=O) groups excluding carboxylic acids is 1. The van der Waals surface area contributed by atoms with Crippen LogP contribution < -0.4 is 9.83 Å². The molecule has 0 fully saturated rings. The summed E-state index contributed by atoms with van der Waals surface area (Å²) in [5.41, 5.74) is 2.19. The molecular formula is C19H22NO4S-. The van der Waals surface area contributed by atoms with Gasteiger partial charge >= 0.3 is 0 Å². The van der Waals surface area contributed by atoms with Crippen molar-refractivity contribution >= 4 is 16.0 Å². The molecule has 2 rings (SSSR count). The van der Waals surface area contributed by atoms with E-state index in [2.05, 4.69) is 4.72 Å². The monoisotopic (exact) mass is 360 g/mol. The minimum absolute atomic E-state index is 0.202. The van der Waals surface area contributed by atoms with E-state index in [0.29, 0.717) is 24.0 Å². The molecule has 0 bridgehead atoms. The van der Waals surface area contributed by atoms with Crippen LogP contribution >= 0.6 is 0 Å². The molecule has 0 aliphatic carbocycles. The molecule has 2 aromatic carbocycles. The van der Waals surface area contributed by atoms with Gasteiger partial charge < -0.3 is 9.90 Å². The molecule has 0 radical (unpaired) electrons. The van der Waals surface area contributed by atoms with Gasteiger partial charge in [0.15, 0.2) is 0 Å². The van der Waals surface area contributed by atoms with Crippen molar-refractivity contribution in [3.05, 3.63) is 65.2 Å². The first kappa shape index (κ1) is 19.1. The second kappa shape index (κ2) is 8.27. The number of hydrogen-bond acceptors (Lipinski definition) is 4. The first-order chi connectivity index (χ1) is 11.9. The highest BCUT2D eigenvalue weighted by Crippen LogP contribution is 2.23. The van der Waals surface area contributed by atoms with Crippen molar-refractivity contribution in [3.8, 4) is 0 Å². The van der Waals surface area contributed by atoms with E-state index in [-0.39, 0.29) is 4.90 Å². The van der Waals surface area contributed by atoms with Crippen LogP contribution in [-0.4, -0.2) is 14.4 Å². The van der Waals surface area contributed by atoms with Crippen molar-refractivity contribution in [1.82, 2.24) is 4.72 Å². The topological polar surface area (TPSA) is 86.3 Å². The molecule has 0 unspecified atom stereocenters. The Balaban J connectivity index is 2.42. The Morgan fingerprint density at radius 1 is 1.08 bits per heavy atom. The third-order valence-electron chi connectivity index (χ3n) is 4.08. The molecule has 1 N–H and O–H groups in total. The van der Waals surface area contributed by atoms with Crippen LogP contribution in [0.1, 0.15) is 43.0 Å². The van der Waals surface area contributed by atoms with E-state index in [1.807, 2.05) is 26.0 Å². The number of hydrogen-bond donors (Lipinski definition) is 1. The largest absolute Gasteiger partial charge is 0.550 e. The summed E-state index contributed by atoms with van der Waals surface area (Å²) in [5.74, 6) is -1.31. The van der Waals surface area contributed by atoms with Crippen LogP contribution in [0.2, 0.25) is 0 Å². The molecule has 5 nitrogen and oxygen atoms in total. The van der Waals surface area contributed by atoms with Gasteiger partial charge in [0.1, 0.15) is 0 Å². The van der Waals surface area contributed by atoms with Gasteiger partial charge in [-0.15, -0.1) is 0 Å². The van der Waals surface area contributed by atoms with Gasteiger partial charge in [-0.25, -0.2) is 13.1 Å². The summed E-state index contributed by atoms with van der Waals surface area (Å²) < 4.78 is 28.4. The Bertz CT molecular complexity index is 832. The number of nitrogens with one attached hydrogen (secondary N) is 1. The predicted molar refractivity (Wildman–Crippen MR) is 94.3 cm³/mol. The summed E-state index contributed by atoms with van der Waals surface area (Å²) in [7, 11) is -3.87. The summed E-state index contributed by atoms with van der Waals surface area (Å²) in [6.07, 6.45) is 0.850. The van der Waals surface area contributed by atoms with Crippen LogP contribution in [0.4, 0.5) is 0 Å². The maximum atomic E-state index is 12.9. The number of carboxylic acid groups (broad SMARTS) is 1. The smallest absolute Gasteiger partial charge is 0.241 e. The first-order valence-corrected chi connectivity index (χ1v) is 9.74. The van der Waals surface area contributed by atoms with E-state index >= 15 is 0 Å². The molecule has 0 aliphatic rings. The molecule has 134 valence electrons. The lowest BCUT2D eigenvalue weighted by Crippen LogP contribution is -2.34. The Hall–Kier alpha value is -2.18. The molecule has 0 aromatic heterocycles. The zero-order valence-electron chi connectivity index (χ0n) is 14.4. The fraction of sp³-hybridized carbons (Fsp3) is 0.316. The maximum absolute atomic E-state index is 12.9. The number of benzene rings is 2. The second-order valence-corrected chi connectivity index (χ2v) is 7.49. The van der Waals surface area contributed by atoms with Crippen molar-refractivity contribution in [2.24, 2.45) is 0 Å². The van der Waals surface area contributed by atoms with Gasteiger partial charge in [0, 0.05) is 12.4 Å². The lowest BCUT2D eigenvalue weighted by Gasteiger charge is -2.21. The Kier molecular flexibility index (Phi) is 6.33. The summed E-state index contributed by atoms with van der Waals surface area (Å²) in [4.78, 5) is 11.3. The molecule has 1 atom stereocenters. The normalized spacial score (nSPS) is 12.7. The molecule has 25 heavy (non-hydrogen) atoms. The Morgan fingerprint density at radius 3 is 2.32 bits per heavy atom. The average molecular weight is 360 g/mol. The van der Waals surface area contributed by atoms with E-state index in [1.54, 1.807) is 36.4 Å². The number of aliphatic carboxylic acids is 1. The summed E-state index contributed by atoms with van der Waals surface area (Å²) in [5, 5.41) is 11.1. The van der Waals surface area contributed by atoms with E-state index in [9.17, 15) is 18.3 Å². The van der Waals surface area contributed by atoms with Crippen LogP contribution in [0.5, 0.6) is 0 Å². The quantitative estimate of drug-likeness (QED) is 0.780. The number of carbonyl (C=O) groups is 1. The highest BCUT2D eigenvalue weighted by molar-refractivity contribution is 7.89. The number of rotatable bonds is 8. The minimum atomic E-state index is -3.87. The Labute approximate surface area is 148 Å². The van der Waals surface area contributed by atoms with Gasteiger partial charge in [-0.2, -0.15) is 0 Å². The SMILES string of the molecule is CCc1ccc(CC)c(S(=O)(=O)N[C@H](CC(=O)[O-])c2ccccc2)c1. The van der Waals surface area contributed by atoms with Crippen molar-refractivity contribution in [2.75, 3.05) is 0 Å². The first-order valence-electron chi connectivity index (χ1n) is 8.26. The van der Waals surface area contributed by atoms with Gasteiger partial charge in [-0.3, -0.25) is 0 Å². The molecule has 0 saturated carbocycles. The second-order valence-electron chi connectivity index (χ2n) is 5.81. The zero-order valence-corrected chi connectivity index (χ0v) is 15.2. The lowest BCUT2D eigenvalue weighted by molar-refractivity contribution is -0.306. The predicted octanol–water partition coefficient (Wildman–Crippen LogP) is 1.97. The van der Waals surface area contributed by atoms with Crippen LogP contribution in [0.25, 0.3) is 0 Å². The molecular weight excluding hydrogens is 338 g/mol. The number of carboxylic acids is 1.